The summed E-state index contributed by atoms with van der Waals surface area (Å²) in [7, 11) is 0. The number of hydrogen-bond donors (Lipinski definition) is 1. The Morgan fingerprint density at radius 2 is 2.04 bits per heavy atom. The van der Waals surface area contributed by atoms with Gasteiger partial charge in [-0.2, -0.15) is 18.3 Å². The molecule has 2 aromatic heterocycles. The minimum Gasteiger partial charge on any atom is -0.321 e. The lowest BCUT2D eigenvalue weighted by Crippen LogP contribution is -2.18. The molecule has 0 bridgehead atoms. The van der Waals surface area contributed by atoms with Crippen LogP contribution in [0.5, 0.6) is 0 Å². The topological polar surface area (TPSA) is 46.9 Å². The van der Waals surface area contributed by atoms with Gasteiger partial charge in [0, 0.05) is 17.6 Å². The standard InChI is InChI=1S/C17H22F3N3OS/c1-5-23-9-12(15(22-23)17(18,19)20)16(24)21-13-6-7-25-14(13)11(4)8-10(2)3/h6-7,9-11H,5,8H2,1-4H3,(H,21,24)/t11-/m1/s1. The van der Waals surface area contributed by atoms with Gasteiger partial charge in [-0.15, -0.1) is 11.3 Å². The number of thiophene rings is 1. The van der Waals surface area contributed by atoms with Gasteiger partial charge in [-0.25, -0.2) is 0 Å². The summed E-state index contributed by atoms with van der Waals surface area (Å²) in [6.45, 7) is 8.19. The number of aryl methyl sites for hydroxylation is 1. The van der Waals surface area contributed by atoms with Gasteiger partial charge >= 0.3 is 6.18 Å². The van der Waals surface area contributed by atoms with Gasteiger partial charge in [0.2, 0.25) is 0 Å². The van der Waals surface area contributed by atoms with E-state index in [4.69, 9.17) is 0 Å². The molecule has 2 rings (SSSR count). The van der Waals surface area contributed by atoms with Crippen molar-refractivity contribution in [1.82, 2.24) is 9.78 Å². The van der Waals surface area contributed by atoms with Gasteiger partial charge in [-0.1, -0.05) is 20.8 Å². The highest BCUT2D eigenvalue weighted by Crippen LogP contribution is 2.35. The SMILES string of the molecule is CCn1cc(C(=O)Nc2ccsc2[C@H](C)CC(C)C)c(C(F)(F)F)n1. The maximum Gasteiger partial charge on any atom is 0.435 e. The Morgan fingerprint density at radius 1 is 1.36 bits per heavy atom. The van der Waals surface area contributed by atoms with E-state index in [1.807, 2.05) is 5.38 Å². The number of aromatic nitrogens is 2. The first-order valence-electron chi connectivity index (χ1n) is 8.16. The van der Waals surface area contributed by atoms with Gasteiger partial charge in [0.1, 0.15) is 0 Å². The summed E-state index contributed by atoms with van der Waals surface area (Å²) in [4.78, 5) is 13.4. The van der Waals surface area contributed by atoms with E-state index >= 15 is 0 Å². The predicted octanol–water partition coefficient (Wildman–Crippen LogP) is 5.39. The van der Waals surface area contributed by atoms with Crippen LogP contribution in [0.2, 0.25) is 0 Å². The molecule has 0 spiro atoms. The normalized spacial score (nSPS) is 13.3. The summed E-state index contributed by atoms with van der Waals surface area (Å²) < 4.78 is 40.5. The third kappa shape index (κ3) is 4.62. The zero-order chi connectivity index (χ0) is 18.8. The van der Waals surface area contributed by atoms with Crippen molar-refractivity contribution in [3.05, 3.63) is 33.8 Å². The number of carbonyl (C=O) groups excluding carboxylic acids is 1. The molecule has 0 saturated carbocycles. The van der Waals surface area contributed by atoms with Crippen LogP contribution in [-0.2, 0) is 12.7 Å². The molecule has 2 aromatic rings. The number of rotatable bonds is 6. The third-order valence-electron chi connectivity index (χ3n) is 3.81. The van der Waals surface area contributed by atoms with E-state index in [0.29, 0.717) is 11.6 Å². The van der Waals surface area contributed by atoms with E-state index < -0.39 is 23.3 Å². The summed E-state index contributed by atoms with van der Waals surface area (Å²) in [6.07, 6.45) is -2.60. The highest BCUT2D eigenvalue weighted by molar-refractivity contribution is 7.10. The smallest absolute Gasteiger partial charge is 0.321 e. The Labute approximate surface area is 149 Å². The van der Waals surface area contributed by atoms with Crippen LogP contribution in [0, 0.1) is 5.92 Å². The van der Waals surface area contributed by atoms with Crippen molar-refractivity contribution >= 4 is 22.9 Å². The second-order valence-electron chi connectivity index (χ2n) is 6.43. The van der Waals surface area contributed by atoms with Crippen molar-refractivity contribution in [2.45, 2.75) is 52.8 Å². The maximum atomic E-state index is 13.1. The van der Waals surface area contributed by atoms with E-state index in [9.17, 15) is 18.0 Å². The lowest BCUT2D eigenvalue weighted by molar-refractivity contribution is -0.141. The second kappa shape index (κ2) is 7.59. The van der Waals surface area contributed by atoms with Crippen LogP contribution in [0.25, 0.3) is 0 Å². The fourth-order valence-electron chi connectivity index (χ4n) is 2.77. The number of carbonyl (C=O) groups is 1. The van der Waals surface area contributed by atoms with Gasteiger partial charge in [0.25, 0.3) is 5.91 Å². The van der Waals surface area contributed by atoms with E-state index in [1.54, 1.807) is 13.0 Å². The first kappa shape index (κ1) is 19.5. The number of nitrogens with one attached hydrogen (secondary N) is 1. The number of alkyl halides is 3. The Bertz CT molecular complexity index is 734. The van der Waals surface area contributed by atoms with Gasteiger partial charge in [0.05, 0.1) is 11.3 Å². The number of nitrogens with zero attached hydrogens (tertiary/aromatic N) is 2. The fourth-order valence-corrected chi connectivity index (χ4v) is 3.69. The first-order valence-corrected chi connectivity index (χ1v) is 9.04. The second-order valence-corrected chi connectivity index (χ2v) is 7.38. The Kier molecular flexibility index (Phi) is 5.92. The molecule has 0 aliphatic heterocycles. The van der Waals surface area contributed by atoms with Gasteiger partial charge < -0.3 is 5.32 Å². The highest BCUT2D eigenvalue weighted by Gasteiger charge is 2.39. The van der Waals surface area contributed by atoms with Crippen LogP contribution in [0.4, 0.5) is 18.9 Å². The van der Waals surface area contributed by atoms with Crippen molar-refractivity contribution in [3.63, 3.8) is 0 Å². The molecule has 0 unspecified atom stereocenters. The molecule has 0 fully saturated rings. The molecule has 8 heteroatoms. The van der Waals surface area contributed by atoms with Crippen molar-refractivity contribution < 1.29 is 18.0 Å². The monoisotopic (exact) mass is 373 g/mol. The average Bonchev–Trinajstić information content (AvgIpc) is 3.11. The molecule has 1 N–H and O–H groups in total. The summed E-state index contributed by atoms with van der Waals surface area (Å²) >= 11 is 1.50. The number of hydrogen-bond acceptors (Lipinski definition) is 3. The lowest BCUT2D eigenvalue weighted by atomic mass is 9.97. The van der Waals surface area contributed by atoms with Gasteiger partial charge in [0.15, 0.2) is 5.69 Å². The zero-order valence-electron chi connectivity index (χ0n) is 14.6. The minimum absolute atomic E-state index is 0.218. The minimum atomic E-state index is -4.67. The van der Waals surface area contributed by atoms with Crippen LogP contribution in [0.15, 0.2) is 17.6 Å². The summed E-state index contributed by atoms with van der Waals surface area (Å²) in [5, 5.41) is 7.94. The van der Waals surface area contributed by atoms with E-state index in [0.717, 1.165) is 22.2 Å². The molecular weight excluding hydrogens is 351 g/mol. The zero-order valence-corrected chi connectivity index (χ0v) is 15.5. The molecule has 0 aliphatic carbocycles. The molecule has 0 radical (unpaired) electrons. The highest BCUT2D eigenvalue weighted by atomic mass is 32.1. The van der Waals surface area contributed by atoms with Crippen LogP contribution in [0.1, 0.15) is 61.0 Å². The van der Waals surface area contributed by atoms with Crippen molar-refractivity contribution in [2.24, 2.45) is 5.92 Å². The lowest BCUT2D eigenvalue weighted by Gasteiger charge is -2.15. The largest absolute Gasteiger partial charge is 0.435 e. The van der Waals surface area contributed by atoms with Crippen molar-refractivity contribution in [2.75, 3.05) is 5.32 Å². The predicted molar refractivity (Wildman–Crippen MR) is 93.0 cm³/mol. The van der Waals surface area contributed by atoms with E-state index in [-0.39, 0.29) is 12.5 Å². The van der Waals surface area contributed by atoms with Crippen LogP contribution in [-0.4, -0.2) is 15.7 Å². The average molecular weight is 373 g/mol. The molecule has 0 saturated heterocycles. The molecule has 2 heterocycles. The number of amides is 1. The first-order chi connectivity index (χ1) is 11.6. The quantitative estimate of drug-likeness (QED) is 0.738. The van der Waals surface area contributed by atoms with Gasteiger partial charge in [-0.05, 0) is 36.6 Å². The van der Waals surface area contributed by atoms with Crippen LogP contribution >= 0.6 is 11.3 Å². The molecule has 4 nitrogen and oxygen atoms in total. The summed E-state index contributed by atoms with van der Waals surface area (Å²) in [5.74, 6) is -0.0838. The van der Waals surface area contributed by atoms with Crippen LogP contribution in [0.3, 0.4) is 0 Å². The Hall–Kier alpha value is -1.83. The maximum absolute atomic E-state index is 13.1. The molecule has 0 aromatic carbocycles. The molecule has 138 valence electrons. The van der Waals surface area contributed by atoms with Crippen molar-refractivity contribution in [1.29, 1.82) is 0 Å². The van der Waals surface area contributed by atoms with E-state index in [1.165, 1.54) is 11.3 Å². The fraction of sp³-hybridized carbons (Fsp3) is 0.529. The number of halogens is 3. The Balaban J connectivity index is 2.27. The number of anilines is 1. The molecule has 1 amide bonds. The van der Waals surface area contributed by atoms with Gasteiger partial charge in [-0.3, -0.25) is 9.48 Å². The molecule has 25 heavy (non-hydrogen) atoms. The third-order valence-corrected chi connectivity index (χ3v) is 4.96. The molecule has 1 atom stereocenters. The Morgan fingerprint density at radius 3 is 2.60 bits per heavy atom. The van der Waals surface area contributed by atoms with Crippen molar-refractivity contribution in [3.8, 4) is 0 Å². The molecule has 0 aliphatic rings. The summed E-state index contributed by atoms with van der Waals surface area (Å²) in [6, 6.07) is 1.73. The van der Waals surface area contributed by atoms with E-state index in [2.05, 4.69) is 31.2 Å². The molecular formula is C17H22F3N3OS. The van der Waals surface area contributed by atoms with Crippen LogP contribution < -0.4 is 5.32 Å². The summed E-state index contributed by atoms with van der Waals surface area (Å²) in [5.41, 5.74) is -1.04.